The molecule has 0 unspecified atom stereocenters. The number of amides is 1. The third kappa shape index (κ3) is 6.04. The van der Waals surface area contributed by atoms with Crippen LogP contribution in [0.2, 0.25) is 5.02 Å². The van der Waals surface area contributed by atoms with Gasteiger partial charge in [-0.2, -0.15) is 18.3 Å². The highest BCUT2D eigenvalue weighted by Crippen LogP contribution is 2.38. The maximum atomic E-state index is 12.9. The molecule has 1 amide bonds. The molecule has 226 valence electrons. The van der Waals surface area contributed by atoms with Crippen molar-refractivity contribution < 1.29 is 18.0 Å². The van der Waals surface area contributed by atoms with Crippen molar-refractivity contribution in [2.75, 3.05) is 44.3 Å². The molecule has 2 aromatic carbocycles. The maximum Gasteiger partial charge on any atom is 0.416 e. The first-order valence-electron chi connectivity index (χ1n) is 14.3. The Morgan fingerprint density at radius 2 is 1.65 bits per heavy atom. The van der Waals surface area contributed by atoms with Gasteiger partial charge in [0.15, 0.2) is 5.65 Å². The van der Waals surface area contributed by atoms with Crippen LogP contribution in [0, 0.1) is 0 Å². The fourth-order valence-corrected chi connectivity index (χ4v) is 6.30. The molecule has 43 heavy (non-hydrogen) atoms. The number of carbonyl (C=O) groups is 1. The SMILES string of the molecule is CN1CCN(C2CCC(n3nc(-c4ccc(NC(=O)c5ccc(C(F)(F)F)cc5)c(Cl)c4)c4c(N)ncnc43)CC2)CC1. The lowest BCUT2D eigenvalue weighted by Gasteiger charge is -2.41. The summed E-state index contributed by atoms with van der Waals surface area (Å²) in [6.07, 6.45) is 1.10. The van der Waals surface area contributed by atoms with Crippen LogP contribution >= 0.6 is 11.6 Å². The van der Waals surface area contributed by atoms with Gasteiger partial charge >= 0.3 is 6.18 Å². The zero-order valence-corrected chi connectivity index (χ0v) is 24.4. The summed E-state index contributed by atoms with van der Waals surface area (Å²) in [5.41, 5.74) is 7.82. The third-order valence-electron chi connectivity index (χ3n) is 8.55. The quantitative estimate of drug-likeness (QED) is 0.296. The van der Waals surface area contributed by atoms with E-state index in [2.05, 4.69) is 32.1 Å². The number of hydrogen-bond donors (Lipinski definition) is 2. The molecule has 9 nitrogen and oxygen atoms in total. The number of aromatic nitrogens is 4. The highest BCUT2D eigenvalue weighted by molar-refractivity contribution is 6.34. The molecule has 1 aliphatic heterocycles. The molecule has 4 aromatic rings. The molecule has 3 N–H and O–H groups in total. The molecule has 2 fully saturated rings. The normalized spacial score (nSPS) is 20.4. The number of nitrogens with one attached hydrogen (secondary N) is 1. The monoisotopic (exact) mass is 612 g/mol. The minimum Gasteiger partial charge on any atom is -0.383 e. The largest absolute Gasteiger partial charge is 0.416 e. The van der Waals surface area contributed by atoms with Gasteiger partial charge in [-0.1, -0.05) is 17.7 Å². The van der Waals surface area contributed by atoms with Gasteiger partial charge in [0.05, 0.1) is 27.7 Å². The number of rotatable bonds is 5. The van der Waals surface area contributed by atoms with E-state index in [-0.39, 0.29) is 16.6 Å². The number of alkyl halides is 3. The van der Waals surface area contributed by atoms with Crippen LogP contribution in [-0.2, 0) is 6.18 Å². The fraction of sp³-hybridized carbons (Fsp3) is 0.400. The van der Waals surface area contributed by atoms with Crippen LogP contribution in [0.5, 0.6) is 0 Å². The second-order valence-corrected chi connectivity index (χ2v) is 11.7. The van der Waals surface area contributed by atoms with E-state index in [4.69, 9.17) is 22.4 Å². The summed E-state index contributed by atoms with van der Waals surface area (Å²) in [6, 6.07) is 9.80. The number of halogens is 4. The number of nitrogens with zero attached hydrogens (tertiary/aromatic N) is 6. The third-order valence-corrected chi connectivity index (χ3v) is 8.86. The number of nitrogens with two attached hydrogens (primary N) is 1. The van der Waals surface area contributed by atoms with Gasteiger partial charge in [-0.05, 0) is 69.1 Å². The lowest BCUT2D eigenvalue weighted by molar-refractivity contribution is -0.137. The predicted molar refractivity (Wildman–Crippen MR) is 160 cm³/mol. The van der Waals surface area contributed by atoms with Crippen LogP contribution in [0.15, 0.2) is 48.8 Å². The minimum atomic E-state index is -4.48. The lowest BCUT2D eigenvalue weighted by Crippen LogP contribution is -2.49. The first-order chi connectivity index (χ1) is 20.6. The van der Waals surface area contributed by atoms with E-state index >= 15 is 0 Å². The molecule has 2 aromatic heterocycles. The van der Waals surface area contributed by atoms with Gasteiger partial charge in [0.2, 0.25) is 0 Å². The number of carbonyl (C=O) groups excluding carboxylic acids is 1. The van der Waals surface area contributed by atoms with Crippen molar-refractivity contribution in [3.63, 3.8) is 0 Å². The smallest absolute Gasteiger partial charge is 0.383 e. The van der Waals surface area contributed by atoms with Crippen molar-refractivity contribution in [1.29, 1.82) is 0 Å². The number of benzene rings is 2. The summed E-state index contributed by atoms with van der Waals surface area (Å²) in [6.45, 7) is 4.41. The fourth-order valence-electron chi connectivity index (χ4n) is 6.08. The highest BCUT2D eigenvalue weighted by Gasteiger charge is 2.32. The Morgan fingerprint density at radius 3 is 2.30 bits per heavy atom. The Morgan fingerprint density at radius 1 is 0.977 bits per heavy atom. The first-order valence-corrected chi connectivity index (χ1v) is 14.7. The van der Waals surface area contributed by atoms with Gasteiger partial charge in [-0.15, -0.1) is 0 Å². The molecule has 6 rings (SSSR count). The van der Waals surface area contributed by atoms with E-state index in [1.807, 2.05) is 4.68 Å². The van der Waals surface area contributed by atoms with E-state index in [9.17, 15) is 18.0 Å². The van der Waals surface area contributed by atoms with E-state index in [1.165, 1.54) is 6.33 Å². The average molecular weight is 613 g/mol. The van der Waals surface area contributed by atoms with Crippen molar-refractivity contribution in [3.05, 3.63) is 64.9 Å². The van der Waals surface area contributed by atoms with Gasteiger partial charge in [0, 0.05) is 43.3 Å². The van der Waals surface area contributed by atoms with Crippen molar-refractivity contribution in [2.24, 2.45) is 0 Å². The molecular formula is C30H32ClF3N8O. The van der Waals surface area contributed by atoms with E-state index in [0.717, 1.165) is 76.1 Å². The minimum absolute atomic E-state index is 0.0742. The molecule has 13 heteroatoms. The lowest BCUT2D eigenvalue weighted by atomic mass is 9.90. The Kier molecular flexibility index (Phi) is 8.01. The standard InChI is InChI=1S/C30H32ClF3N8O/c1-40-12-14-41(15-13-40)21-7-9-22(10-8-21)42-28-25(27(35)36-17-37-28)26(39-42)19-4-11-24(23(31)16-19)38-29(43)18-2-5-20(6-3-18)30(32,33)34/h2-6,11,16-17,21-22H,7-10,12-15H2,1H3,(H,38,43)(H2,35,36,37). The summed E-state index contributed by atoms with van der Waals surface area (Å²) in [4.78, 5) is 26.5. The Bertz CT molecular complexity index is 1630. The number of piperazine rings is 1. The van der Waals surface area contributed by atoms with Crippen LogP contribution < -0.4 is 11.1 Å². The van der Waals surface area contributed by atoms with Gasteiger partial charge in [0.1, 0.15) is 17.8 Å². The molecule has 2 aliphatic rings. The Balaban J connectivity index is 1.21. The van der Waals surface area contributed by atoms with Crippen LogP contribution in [0.25, 0.3) is 22.3 Å². The molecule has 0 radical (unpaired) electrons. The van der Waals surface area contributed by atoms with Crippen molar-refractivity contribution in [2.45, 2.75) is 43.9 Å². The molecule has 0 atom stereocenters. The van der Waals surface area contributed by atoms with Crippen LogP contribution in [0.1, 0.15) is 47.6 Å². The van der Waals surface area contributed by atoms with Crippen LogP contribution in [0.3, 0.4) is 0 Å². The molecule has 1 aliphatic carbocycles. The van der Waals surface area contributed by atoms with E-state index in [0.29, 0.717) is 39.8 Å². The number of hydrogen-bond acceptors (Lipinski definition) is 7. The molecule has 0 bridgehead atoms. The van der Waals surface area contributed by atoms with Gasteiger partial charge in [-0.25, -0.2) is 14.6 Å². The number of likely N-dealkylation sites (N-methyl/N-ethyl adjacent to an activating group) is 1. The van der Waals surface area contributed by atoms with Crippen LogP contribution in [0.4, 0.5) is 24.7 Å². The molecule has 1 saturated carbocycles. The van der Waals surface area contributed by atoms with Crippen molar-refractivity contribution >= 4 is 40.0 Å². The highest BCUT2D eigenvalue weighted by atomic mass is 35.5. The van der Waals surface area contributed by atoms with Gasteiger partial charge in [-0.3, -0.25) is 9.69 Å². The number of anilines is 2. The topological polar surface area (TPSA) is 105 Å². The summed E-state index contributed by atoms with van der Waals surface area (Å²) in [5, 5.41) is 8.52. The summed E-state index contributed by atoms with van der Waals surface area (Å²) in [5.74, 6) is -0.267. The first kappa shape index (κ1) is 29.3. The van der Waals surface area contributed by atoms with E-state index < -0.39 is 17.6 Å². The molecule has 0 spiro atoms. The zero-order chi connectivity index (χ0) is 30.3. The van der Waals surface area contributed by atoms with Gasteiger partial charge in [0.25, 0.3) is 5.91 Å². The van der Waals surface area contributed by atoms with Gasteiger partial charge < -0.3 is 16.0 Å². The van der Waals surface area contributed by atoms with Crippen molar-refractivity contribution in [1.82, 2.24) is 29.5 Å². The second kappa shape index (κ2) is 11.7. The van der Waals surface area contributed by atoms with Crippen molar-refractivity contribution in [3.8, 4) is 11.3 Å². The Hall–Kier alpha value is -3.74. The summed E-state index contributed by atoms with van der Waals surface area (Å²) < 4.78 is 40.6. The zero-order valence-electron chi connectivity index (χ0n) is 23.6. The molecule has 1 saturated heterocycles. The number of nitrogen functional groups attached to an aromatic ring is 1. The Labute approximate surface area is 251 Å². The second-order valence-electron chi connectivity index (χ2n) is 11.3. The number of fused-ring (bicyclic) bond motifs is 1. The molecular weight excluding hydrogens is 581 g/mol. The summed E-state index contributed by atoms with van der Waals surface area (Å²) in [7, 11) is 2.17. The van der Waals surface area contributed by atoms with Crippen LogP contribution in [-0.4, -0.2) is 74.7 Å². The predicted octanol–water partition coefficient (Wildman–Crippen LogP) is 5.73. The molecule has 3 heterocycles. The summed E-state index contributed by atoms with van der Waals surface area (Å²) >= 11 is 6.57. The van der Waals surface area contributed by atoms with E-state index in [1.54, 1.807) is 18.2 Å². The maximum absolute atomic E-state index is 12.9. The average Bonchev–Trinajstić information content (AvgIpc) is 3.39.